The van der Waals surface area contributed by atoms with E-state index in [2.05, 4.69) is 18.2 Å². The molecule has 0 saturated heterocycles. The smallest absolute Gasteiger partial charge is 0.300 e. The Balaban J connectivity index is 2.13. The van der Waals surface area contributed by atoms with Crippen LogP contribution in [0.2, 0.25) is 0 Å². The van der Waals surface area contributed by atoms with E-state index in [0.29, 0.717) is 24.0 Å². The van der Waals surface area contributed by atoms with E-state index in [1.165, 1.54) is 0 Å². The van der Waals surface area contributed by atoms with Crippen molar-refractivity contribution in [1.29, 1.82) is 0 Å². The van der Waals surface area contributed by atoms with Crippen LogP contribution in [-0.2, 0) is 9.09 Å². The lowest BCUT2D eigenvalue weighted by molar-refractivity contribution is 0.352. The second-order valence-electron chi connectivity index (χ2n) is 5.03. The van der Waals surface area contributed by atoms with Crippen molar-refractivity contribution in [3.05, 3.63) is 79.9 Å². The van der Waals surface area contributed by atoms with Gasteiger partial charge in [0.1, 0.15) is 11.5 Å². The zero-order valence-corrected chi connectivity index (χ0v) is 14.5. The molecule has 0 aromatic heterocycles. The minimum absolute atomic E-state index is 0.209. The first-order valence-electron chi connectivity index (χ1n) is 7.73. The summed E-state index contributed by atoms with van der Waals surface area (Å²) >= 11 is 0. The predicted molar refractivity (Wildman–Crippen MR) is 99.2 cm³/mol. The van der Waals surface area contributed by atoms with Gasteiger partial charge in [0.15, 0.2) is 0 Å². The molecule has 0 aliphatic carbocycles. The second-order valence-corrected chi connectivity index (χ2v) is 7.22. The van der Waals surface area contributed by atoms with Crippen molar-refractivity contribution in [2.24, 2.45) is 0 Å². The summed E-state index contributed by atoms with van der Waals surface area (Å²) < 4.78 is 24.3. The third-order valence-corrected chi connectivity index (χ3v) is 5.33. The van der Waals surface area contributed by atoms with E-state index in [0.717, 1.165) is 5.75 Å². The van der Waals surface area contributed by atoms with Gasteiger partial charge in [-0.3, -0.25) is 4.57 Å². The Bertz CT molecular complexity index is 698. The third kappa shape index (κ3) is 5.20. The molecular formula is C19H22NO3P. The normalized spacial score (nSPS) is 13.0. The minimum Gasteiger partial charge on any atom is -0.457 e. The van der Waals surface area contributed by atoms with Gasteiger partial charge in [-0.05, 0) is 42.8 Å². The molecule has 0 aliphatic heterocycles. The van der Waals surface area contributed by atoms with Gasteiger partial charge in [0.2, 0.25) is 0 Å². The van der Waals surface area contributed by atoms with Crippen molar-refractivity contribution < 1.29 is 13.8 Å². The number of ether oxygens (including phenoxy) is 1. The Morgan fingerprint density at radius 3 is 2.25 bits per heavy atom. The Labute approximate surface area is 143 Å². The summed E-state index contributed by atoms with van der Waals surface area (Å²) in [5.74, 6) is 1.42. The summed E-state index contributed by atoms with van der Waals surface area (Å²) in [7, 11) is -3.14. The number of nitrogens with one attached hydrogen (secondary N) is 1. The lowest BCUT2D eigenvalue weighted by atomic mass is 10.3. The summed E-state index contributed by atoms with van der Waals surface area (Å²) in [4.78, 5) is 0. The molecule has 24 heavy (non-hydrogen) atoms. The van der Waals surface area contributed by atoms with Crippen LogP contribution in [0.4, 0.5) is 0 Å². The van der Waals surface area contributed by atoms with E-state index in [4.69, 9.17) is 9.26 Å². The molecule has 4 nitrogen and oxygen atoms in total. The SMILES string of the molecule is C=CCCNP(=O)(OCC=C)c1ccc(Oc2ccccc2)cc1. The highest BCUT2D eigenvalue weighted by Crippen LogP contribution is 2.41. The molecule has 1 atom stereocenters. The molecule has 5 heteroatoms. The molecule has 126 valence electrons. The van der Waals surface area contributed by atoms with Crippen LogP contribution in [0.15, 0.2) is 79.9 Å². The lowest BCUT2D eigenvalue weighted by Crippen LogP contribution is -2.22. The van der Waals surface area contributed by atoms with Gasteiger partial charge in [0, 0.05) is 6.54 Å². The Morgan fingerprint density at radius 1 is 0.958 bits per heavy atom. The van der Waals surface area contributed by atoms with Gasteiger partial charge >= 0.3 is 0 Å². The first-order chi connectivity index (χ1) is 11.7. The highest BCUT2D eigenvalue weighted by atomic mass is 31.2. The summed E-state index contributed by atoms with van der Waals surface area (Å²) in [5, 5.41) is 3.58. The van der Waals surface area contributed by atoms with Crippen molar-refractivity contribution in [2.45, 2.75) is 6.42 Å². The van der Waals surface area contributed by atoms with Crippen LogP contribution in [0.25, 0.3) is 0 Å². The highest BCUT2D eigenvalue weighted by molar-refractivity contribution is 7.65. The second kappa shape index (κ2) is 9.24. The van der Waals surface area contributed by atoms with Crippen molar-refractivity contribution in [3.63, 3.8) is 0 Å². The van der Waals surface area contributed by atoms with E-state index < -0.39 is 7.52 Å². The lowest BCUT2D eigenvalue weighted by Gasteiger charge is -2.19. The molecule has 2 aromatic rings. The van der Waals surface area contributed by atoms with E-state index >= 15 is 0 Å². The zero-order chi connectivity index (χ0) is 17.3. The molecule has 2 rings (SSSR count). The maximum absolute atomic E-state index is 13.1. The van der Waals surface area contributed by atoms with Gasteiger partial charge in [-0.25, -0.2) is 5.09 Å². The number of benzene rings is 2. The van der Waals surface area contributed by atoms with Crippen molar-refractivity contribution in [2.75, 3.05) is 13.2 Å². The van der Waals surface area contributed by atoms with E-state index in [1.807, 2.05) is 30.3 Å². The van der Waals surface area contributed by atoms with Gasteiger partial charge in [0.25, 0.3) is 7.52 Å². The molecule has 0 amide bonds. The van der Waals surface area contributed by atoms with Crippen LogP contribution in [0.3, 0.4) is 0 Å². The predicted octanol–water partition coefficient (Wildman–Crippen LogP) is 4.67. The quantitative estimate of drug-likeness (QED) is 0.387. The monoisotopic (exact) mass is 343 g/mol. The number of hydrogen-bond acceptors (Lipinski definition) is 3. The molecule has 2 aromatic carbocycles. The average molecular weight is 343 g/mol. The fourth-order valence-electron chi connectivity index (χ4n) is 2.02. The van der Waals surface area contributed by atoms with Gasteiger partial charge in [-0.2, -0.15) is 0 Å². The number of para-hydroxylation sites is 1. The van der Waals surface area contributed by atoms with Crippen LogP contribution in [0, 0.1) is 0 Å². The molecule has 1 unspecified atom stereocenters. The third-order valence-electron chi connectivity index (χ3n) is 3.20. The molecule has 0 fully saturated rings. The van der Waals surface area contributed by atoms with Crippen molar-refractivity contribution >= 4 is 12.8 Å². The van der Waals surface area contributed by atoms with Crippen LogP contribution in [0.1, 0.15) is 6.42 Å². The Morgan fingerprint density at radius 2 is 1.62 bits per heavy atom. The Hall–Kier alpha value is -2.13. The first kappa shape index (κ1) is 18.2. The summed E-state index contributed by atoms with van der Waals surface area (Å²) in [6, 6.07) is 16.6. The summed E-state index contributed by atoms with van der Waals surface area (Å²) in [6.45, 7) is 8.01. The maximum atomic E-state index is 13.1. The number of rotatable bonds is 10. The summed E-state index contributed by atoms with van der Waals surface area (Å²) in [6.07, 6.45) is 4.05. The maximum Gasteiger partial charge on any atom is 0.300 e. The molecular weight excluding hydrogens is 321 g/mol. The first-order valence-corrected chi connectivity index (χ1v) is 9.35. The van der Waals surface area contributed by atoms with Crippen LogP contribution in [0.5, 0.6) is 11.5 Å². The van der Waals surface area contributed by atoms with Crippen LogP contribution >= 0.6 is 7.52 Å². The van der Waals surface area contributed by atoms with E-state index in [-0.39, 0.29) is 6.61 Å². The van der Waals surface area contributed by atoms with Crippen molar-refractivity contribution in [1.82, 2.24) is 5.09 Å². The largest absolute Gasteiger partial charge is 0.457 e. The molecule has 1 N–H and O–H groups in total. The van der Waals surface area contributed by atoms with Gasteiger partial charge in [0.05, 0.1) is 11.9 Å². The standard InChI is InChI=1S/C19H22NO3P/c1-3-5-15-20-24(21,22-16-4-2)19-13-11-18(12-14-19)23-17-9-7-6-8-10-17/h3-4,6-14H,1-2,5,15-16H2,(H,20,21). The molecule has 0 bridgehead atoms. The van der Waals surface area contributed by atoms with Gasteiger partial charge < -0.3 is 9.26 Å². The Kier molecular flexibility index (Phi) is 7.01. The van der Waals surface area contributed by atoms with Crippen molar-refractivity contribution in [3.8, 4) is 11.5 Å². The topological polar surface area (TPSA) is 47.6 Å². The number of hydrogen-bond donors (Lipinski definition) is 1. The van der Waals surface area contributed by atoms with Crippen LogP contribution < -0.4 is 15.1 Å². The zero-order valence-electron chi connectivity index (χ0n) is 13.6. The molecule has 0 heterocycles. The van der Waals surface area contributed by atoms with Crippen LogP contribution in [-0.4, -0.2) is 13.2 Å². The van der Waals surface area contributed by atoms with Gasteiger partial charge in [-0.1, -0.05) is 30.4 Å². The summed E-state index contributed by atoms with van der Waals surface area (Å²) in [5.41, 5.74) is 0. The van der Waals surface area contributed by atoms with E-state index in [9.17, 15) is 4.57 Å². The highest BCUT2D eigenvalue weighted by Gasteiger charge is 2.24. The van der Waals surface area contributed by atoms with E-state index in [1.54, 1.807) is 36.4 Å². The fraction of sp³-hybridized carbons (Fsp3) is 0.158. The average Bonchev–Trinajstić information content (AvgIpc) is 2.62. The minimum atomic E-state index is -3.14. The molecule has 0 radical (unpaired) electrons. The molecule has 0 aliphatic rings. The van der Waals surface area contributed by atoms with Gasteiger partial charge in [-0.15, -0.1) is 13.2 Å². The fourth-order valence-corrected chi connectivity index (χ4v) is 3.72. The molecule has 0 saturated carbocycles. The molecule has 0 spiro atoms.